The number of nitrogens with zero attached hydrogens (tertiary/aromatic N) is 1. The van der Waals surface area contributed by atoms with Crippen molar-refractivity contribution in [2.24, 2.45) is 5.92 Å². The fourth-order valence-electron chi connectivity index (χ4n) is 2.75. The first-order valence-electron chi connectivity index (χ1n) is 9.27. The highest BCUT2D eigenvalue weighted by Gasteiger charge is 2.23. The third-order valence-electron chi connectivity index (χ3n) is 3.97. The molecular weight excluding hydrogens is 382 g/mol. The molecule has 0 heterocycles. The number of ether oxygens (including phenoxy) is 1. The Hall–Kier alpha value is -2.29. The van der Waals surface area contributed by atoms with Gasteiger partial charge in [0.25, 0.3) is 0 Å². The molecule has 1 aromatic rings. The predicted octanol–water partition coefficient (Wildman–Crippen LogP) is 2.04. The van der Waals surface area contributed by atoms with Crippen LogP contribution in [-0.2, 0) is 19.6 Å². The number of alkyl carbamates (subject to hydrolysis) is 1. The van der Waals surface area contributed by atoms with Crippen LogP contribution >= 0.6 is 0 Å². The van der Waals surface area contributed by atoms with Crippen LogP contribution in [0.5, 0.6) is 0 Å². The third kappa shape index (κ3) is 8.16. The molecular formula is C19H31N3O5S. The van der Waals surface area contributed by atoms with Crippen LogP contribution < -0.4 is 14.9 Å². The Kier molecular flexibility index (Phi) is 9.24. The number of para-hydroxylation sites is 1. The van der Waals surface area contributed by atoms with Crippen LogP contribution in [0, 0.1) is 12.8 Å². The lowest BCUT2D eigenvalue weighted by atomic mass is 10.0. The monoisotopic (exact) mass is 413 g/mol. The Bertz CT molecular complexity index is 765. The third-order valence-corrected chi connectivity index (χ3v) is 5.10. The minimum Gasteiger partial charge on any atom is -0.450 e. The van der Waals surface area contributed by atoms with E-state index in [4.69, 9.17) is 4.74 Å². The van der Waals surface area contributed by atoms with Gasteiger partial charge in [0.2, 0.25) is 15.9 Å². The summed E-state index contributed by atoms with van der Waals surface area (Å²) in [5.41, 5.74) is 1.21. The number of amides is 2. The van der Waals surface area contributed by atoms with Gasteiger partial charge in [0, 0.05) is 12.6 Å². The number of hydrogen-bond acceptors (Lipinski definition) is 5. The number of carbonyl (C=O) groups is 2. The molecule has 0 saturated carbocycles. The number of aryl methyl sites for hydroxylation is 1. The lowest BCUT2D eigenvalue weighted by molar-refractivity contribution is -0.119. The van der Waals surface area contributed by atoms with E-state index in [0.717, 1.165) is 16.1 Å². The molecule has 1 aromatic carbocycles. The first-order chi connectivity index (χ1) is 13.0. The predicted molar refractivity (Wildman–Crippen MR) is 110 cm³/mol. The number of hydrogen-bond donors (Lipinski definition) is 2. The van der Waals surface area contributed by atoms with Crippen molar-refractivity contribution in [2.75, 3.05) is 30.3 Å². The summed E-state index contributed by atoms with van der Waals surface area (Å²) < 4.78 is 30.4. The quantitative estimate of drug-likeness (QED) is 0.611. The van der Waals surface area contributed by atoms with E-state index in [0.29, 0.717) is 18.0 Å². The van der Waals surface area contributed by atoms with E-state index in [2.05, 4.69) is 10.6 Å². The number of nitrogens with one attached hydrogen (secondary N) is 2. The van der Waals surface area contributed by atoms with Gasteiger partial charge in [0.15, 0.2) is 0 Å². The molecule has 0 spiro atoms. The molecule has 0 radical (unpaired) electrons. The van der Waals surface area contributed by atoms with Gasteiger partial charge in [-0.3, -0.25) is 9.10 Å². The lowest BCUT2D eigenvalue weighted by Gasteiger charge is -2.25. The van der Waals surface area contributed by atoms with Gasteiger partial charge in [-0.2, -0.15) is 0 Å². The maximum absolute atomic E-state index is 12.4. The van der Waals surface area contributed by atoms with Gasteiger partial charge < -0.3 is 15.4 Å². The van der Waals surface area contributed by atoms with Crippen molar-refractivity contribution in [3.05, 3.63) is 29.8 Å². The van der Waals surface area contributed by atoms with Crippen molar-refractivity contribution >= 4 is 27.7 Å². The molecule has 0 saturated heterocycles. The molecule has 1 unspecified atom stereocenters. The van der Waals surface area contributed by atoms with Gasteiger partial charge in [-0.25, -0.2) is 13.2 Å². The number of anilines is 1. The lowest BCUT2D eigenvalue weighted by Crippen LogP contribution is -2.47. The minimum atomic E-state index is -3.64. The van der Waals surface area contributed by atoms with Gasteiger partial charge in [0.1, 0.15) is 6.54 Å². The molecule has 0 aliphatic rings. The maximum atomic E-state index is 12.4. The summed E-state index contributed by atoms with van der Waals surface area (Å²) in [5.74, 6) is -0.156. The Morgan fingerprint density at radius 1 is 1.21 bits per heavy atom. The van der Waals surface area contributed by atoms with Crippen LogP contribution in [-0.4, -0.2) is 52.4 Å². The van der Waals surface area contributed by atoms with Gasteiger partial charge in [0.05, 0.1) is 18.6 Å². The van der Waals surface area contributed by atoms with Gasteiger partial charge in [-0.1, -0.05) is 32.0 Å². The molecule has 1 atom stereocenters. The van der Waals surface area contributed by atoms with Gasteiger partial charge in [-0.15, -0.1) is 0 Å². The van der Waals surface area contributed by atoms with Crippen LogP contribution in [0.3, 0.4) is 0 Å². The highest BCUT2D eigenvalue weighted by molar-refractivity contribution is 7.92. The molecule has 0 aliphatic carbocycles. The molecule has 1 rings (SSSR count). The first kappa shape index (κ1) is 23.7. The second kappa shape index (κ2) is 10.9. The Labute approximate surface area is 167 Å². The van der Waals surface area contributed by atoms with E-state index in [9.17, 15) is 18.0 Å². The smallest absolute Gasteiger partial charge is 0.407 e. The maximum Gasteiger partial charge on any atom is 0.407 e. The van der Waals surface area contributed by atoms with E-state index < -0.39 is 22.0 Å². The zero-order valence-electron chi connectivity index (χ0n) is 17.2. The molecule has 0 fully saturated rings. The Morgan fingerprint density at radius 2 is 1.86 bits per heavy atom. The average molecular weight is 414 g/mol. The van der Waals surface area contributed by atoms with Crippen molar-refractivity contribution in [3.8, 4) is 0 Å². The second-order valence-corrected chi connectivity index (χ2v) is 8.96. The first-order valence-corrected chi connectivity index (χ1v) is 11.1. The van der Waals surface area contributed by atoms with Crippen LogP contribution in [0.1, 0.15) is 32.8 Å². The van der Waals surface area contributed by atoms with E-state index in [-0.39, 0.29) is 25.7 Å². The van der Waals surface area contributed by atoms with Crippen LogP contribution in [0.25, 0.3) is 0 Å². The van der Waals surface area contributed by atoms with Crippen molar-refractivity contribution in [1.29, 1.82) is 0 Å². The highest BCUT2D eigenvalue weighted by Crippen LogP contribution is 2.21. The number of sulfonamides is 1. The minimum absolute atomic E-state index is 0.182. The summed E-state index contributed by atoms with van der Waals surface area (Å²) in [5, 5.41) is 5.43. The largest absolute Gasteiger partial charge is 0.450 e. The summed E-state index contributed by atoms with van der Waals surface area (Å²) in [4.78, 5) is 24.1. The molecule has 2 N–H and O–H groups in total. The normalized spacial score (nSPS) is 12.4. The molecule has 0 aromatic heterocycles. The summed E-state index contributed by atoms with van der Waals surface area (Å²) in [6, 6.07) is 6.66. The van der Waals surface area contributed by atoms with Gasteiger partial charge >= 0.3 is 6.09 Å². The Balaban J connectivity index is 2.80. The van der Waals surface area contributed by atoms with Crippen molar-refractivity contribution in [3.63, 3.8) is 0 Å². The summed E-state index contributed by atoms with van der Waals surface area (Å²) in [6.45, 7) is 7.61. The zero-order valence-corrected chi connectivity index (χ0v) is 18.0. The standard InChI is InChI=1S/C19H31N3O5S/c1-6-27-19(24)21-16(11-14(2)3)12-20-18(23)13-22(28(5,25)26)17-10-8-7-9-15(17)4/h7-10,14,16H,6,11-13H2,1-5H3,(H,20,23)(H,21,24). The molecule has 28 heavy (non-hydrogen) atoms. The SMILES string of the molecule is CCOC(=O)NC(CNC(=O)CN(c1ccccc1C)S(C)(=O)=O)CC(C)C. The fourth-order valence-corrected chi connectivity index (χ4v) is 3.66. The highest BCUT2D eigenvalue weighted by atomic mass is 32.2. The van der Waals surface area contributed by atoms with Crippen molar-refractivity contribution < 1.29 is 22.7 Å². The van der Waals surface area contributed by atoms with Crippen LogP contribution in [0.2, 0.25) is 0 Å². The topological polar surface area (TPSA) is 105 Å². The van der Waals surface area contributed by atoms with Crippen molar-refractivity contribution in [2.45, 2.75) is 40.2 Å². The number of carbonyl (C=O) groups excluding carboxylic acids is 2. The summed E-state index contributed by atoms with van der Waals surface area (Å²) >= 11 is 0. The van der Waals surface area contributed by atoms with Crippen LogP contribution in [0.15, 0.2) is 24.3 Å². The van der Waals surface area contributed by atoms with Crippen molar-refractivity contribution in [1.82, 2.24) is 10.6 Å². The molecule has 158 valence electrons. The van der Waals surface area contributed by atoms with Gasteiger partial charge in [-0.05, 0) is 37.8 Å². The summed E-state index contributed by atoms with van der Waals surface area (Å²) in [7, 11) is -3.64. The van der Waals surface area contributed by atoms with Crippen LogP contribution in [0.4, 0.5) is 10.5 Å². The van der Waals surface area contributed by atoms with E-state index in [1.165, 1.54) is 0 Å². The molecule has 2 amide bonds. The van der Waals surface area contributed by atoms with E-state index in [1.807, 2.05) is 13.8 Å². The number of rotatable bonds is 10. The second-order valence-electron chi connectivity index (χ2n) is 7.05. The average Bonchev–Trinajstić information content (AvgIpc) is 2.57. The molecule has 0 aliphatic heterocycles. The van der Waals surface area contributed by atoms with E-state index >= 15 is 0 Å². The van der Waals surface area contributed by atoms with E-state index in [1.54, 1.807) is 38.1 Å². The summed E-state index contributed by atoms with van der Waals surface area (Å²) in [6.07, 6.45) is 1.17. The molecule has 8 nitrogen and oxygen atoms in total. The Morgan fingerprint density at radius 3 is 2.39 bits per heavy atom. The zero-order chi connectivity index (χ0) is 21.3. The number of benzene rings is 1. The molecule has 9 heteroatoms. The molecule has 0 bridgehead atoms. The fraction of sp³-hybridized carbons (Fsp3) is 0.579.